The van der Waals surface area contributed by atoms with E-state index >= 15 is 4.39 Å². The molecule has 2 aromatic rings. The van der Waals surface area contributed by atoms with Gasteiger partial charge in [0.15, 0.2) is 0 Å². The van der Waals surface area contributed by atoms with Gasteiger partial charge in [0.05, 0.1) is 23.8 Å². The lowest BCUT2D eigenvalue weighted by Gasteiger charge is -2.37. The fourth-order valence-corrected chi connectivity index (χ4v) is 8.47. The average molecular weight is 638 g/mol. The second-order valence-electron chi connectivity index (χ2n) is 11.4. The summed E-state index contributed by atoms with van der Waals surface area (Å²) >= 11 is 6.11. The number of nitrogens with one attached hydrogen (secondary N) is 3. The second-order valence-corrected chi connectivity index (χ2v) is 13.9. The zero-order valence-corrected chi connectivity index (χ0v) is 25.2. The number of nitrogens with zero attached hydrogens (tertiary/aromatic N) is 2. The number of hydrogen-bond donors (Lipinski definition) is 4. The first kappa shape index (κ1) is 31.6. The fraction of sp³-hybridized carbons (Fsp3) is 0.552. The Labute approximate surface area is 255 Å². The summed E-state index contributed by atoms with van der Waals surface area (Å²) in [6, 6.07) is 5.48. The molecule has 11 nitrogen and oxygen atoms in total. The van der Waals surface area contributed by atoms with Crippen molar-refractivity contribution < 1.29 is 32.2 Å². The van der Waals surface area contributed by atoms with Gasteiger partial charge in [-0.25, -0.2) is 17.6 Å². The SMILES string of the molecule is O=C(O)NC(C(=O)Nc1cncc(F)c1CC[C@H]1CN[C@@H]2CCCS(=O)(=O)N1C2)C(c1ccc(Cl)cc1)C1CCOCC1. The van der Waals surface area contributed by atoms with Crippen LogP contribution < -0.4 is 16.0 Å². The molecule has 3 unspecified atom stereocenters. The predicted octanol–water partition coefficient (Wildman–Crippen LogP) is 3.36. The van der Waals surface area contributed by atoms with Crippen LogP contribution in [0.15, 0.2) is 36.7 Å². The minimum Gasteiger partial charge on any atom is -0.465 e. The van der Waals surface area contributed by atoms with Crippen molar-refractivity contribution in [2.24, 2.45) is 5.92 Å². The largest absolute Gasteiger partial charge is 0.465 e. The number of rotatable bonds is 9. The number of sulfonamides is 1. The summed E-state index contributed by atoms with van der Waals surface area (Å²) in [5.74, 6) is -1.82. The normalized spacial score (nSPS) is 25.2. The van der Waals surface area contributed by atoms with Gasteiger partial charge in [-0.15, -0.1) is 0 Å². The van der Waals surface area contributed by atoms with E-state index in [0.29, 0.717) is 57.0 Å². The highest BCUT2D eigenvalue weighted by Crippen LogP contribution is 2.36. The Morgan fingerprint density at radius 3 is 2.65 bits per heavy atom. The van der Waals surface area contributed by atoms with E-state index in [2.05, 4.69) is 20.9 Å². The lowest BCUT2D eigenvalue weighted by Crippen LogP contribution is -2.57. The van der Waals surface area contributed by atoms with E-state index in [-0.39, 0.29) is 41.4 Å². The first-order valence-electron chi connectivity index (χ1n) is 14.6. The molecule has 0 saturated carbocycles. The van der Waals surface area contributed by atoms with Crippen molar-refractivity contribution >= 4 is 39.3 Å². The highest BCUT2D eigenvalue weighted by Gasteiger charge is 2.39. The Hall–Kier alpha value is -2.84. The third kappa shape index (κ3) is 7.63. The molecule has 234 valence electrons. The van der Waals surface area contributed by atoms with Crippen molar-refractivity contribution in [2.75, 3.05) is 37.4 Å². The van der Waals surface area contributed by atoms with Gasteiger partial charge < -0.3 is 25.8 Å². The zero-order valence-electron chi connectivity index (χ0n) is 23.7. The van der Waals surface area contributed by atoms with Crippen LogP contribution in [0, 0.1) is 11.7 Å². The number of anilines is 1. The van der Waals surface area contributed by atoms with Crippen LogP contribution in [0.3, 0.4) is 0 Å². The summed E-state index contributed by atoms with van der Waals surface area (Å²) in [5.41, 5.74) is 1.04. The van der Waals surface area contributed by atoms with E-state index in [1.165, 1.54) is 10.5 Å². The Kier molecular flexibility index (Phi) is 10.2. The number of ether oxygens (including phenoxy) is 1. The molecule has 2 amide bonds. The second kappa shape index (κ2) is 13.9. The van der Waals surface area contributed by atoms with Gasteiger partial charge in [-0.2, -0.15) is 4.31 Å². The lowest BCUT2D eigenvalue weighted by atomic mass is 9.76. The number of carbonyl (C=O) groups is 2. The number of carbonyl (C=O) groups excluding carboxylic acids is 1. The summed E-state index contributed by atoms with van der Waals surface area (Å²) in [7, 11) is -3.42. The van der Waals surface area contributed by atoms with Crippen molar-refractivity contribution in [3.05, 3.63) is 58.6 Å². The monoisotopic (exact) mass is 637 g/mol. The number of pyridine rings is 1. The fourth-order valence-electron chi connectivity index (χ4n) is 6.54. The summed E-state index contributed by atoms with van der Waals surface area (Å²) in [6.45, 7) is 1.81. The Bertz CT molecular complexity index is 1410. The van der Waals surface area contributed by atoms with Crippen LogP contribution in [-0.4, -0.2) is 85.0 Å². The maximum atomic E-state index is 15.2. The van der Waals surface area contributed by atoms with Crippen LogP contribution in [-0.2, 0) is 26.0 Å². The molecule has 3 fully saturated rings. The molecule has 0 spiro atoms. The predicted molar refractivity (Wildman–Crippen MR) is 159 cm³/mol. The van der Waals surface area contributed by atoms with Crippen molar-refractivity contribution in [1.29, 1.82) is 0 Å². The van der Waals surface area contributed by atoms with Gasteiger partial charge in [0.2, 0.25) is 15.9 Å². The van der Waals surface area contributed by atoms with Gasteiger partial charge in [0.25, 0.3) is 0 Å². The topological polar surface area (TPSA) is 150 Å². The number of hydrogen-bond acceptors (Lipinski definition) is 7. The zero-order chi connectivity index (χ0) is 30.6. The molecular formula is C29H37ClFN5O6S. The van der Waals surface area contributed by atoms with Gasteiger partial charge >= 0.3 is 6.09 Å². The van der Waals surface area contributed by atoms with Gasteiger partial charge in [-0.1, -0.05) is 23.7 Å². The van der Waals surface area contributed by atoms with E-state index in [4.69, 9.17) is 16.3 Å². The number of fused-ring (bicyclic) bond motifs is 2. The molecule has 3 aliphatic rings. The van der Waals surface area contributed by atoms with Gasteiger partial charge in [-0.3, -0.25) is 9.78 Å². The van der Waals surface area contributed by atoms with Crippen molar-refractivity contribution in [3.8, 4) is 0 Å². The lowest BCUT2D eigenvalue weighted by molar-refractivity contribution is -0.119. The number of benzene rings is 1. The third-order valence-corrected chi connectivity index (χ3v) is 10.9. The van der Waals surface area contributed by atoms with E-state index in [1.807, 2.05) is 0 Å². The minimum absolute atomic E-state index is 0.0687. The molecule has 5 rings (SSSR count). The smallest absolute Gasteiger partial charge is 0.405 e. The standard InChI is InChI=1S/C29H37ClFN5O6S/c30-20-5-3-18(4-6-20)26(19-9-11-42-12-10-19)27(35-29(38)39)28(37)34-25-16-32-15-24(31)23(25)8-7-22-14-33-21-2-1-13-43(40,41)36(22)17-21/h3-6,15-16,19,21-22,26-27,33,35H,1-2,7-14,17H2,(H,34,37)(H,38,39)/t21-,22+,26?,27?/m1/s1. The van der Waals surface area contributed by atoms with Crippen LogP contribution in [0.2, 0.25) is 5.02 Å². The number of amides is 2. The maximum absolute atomic E-state index is 15.2. The maximum Gasteiger partial charge on any atom is 0.405 e. The molecule has 0 radical (unpaired) electrons. The van der Waals surface area contributed by atoms with E-state index in [1.54, 1.807) is 24.3 Å². The van der Waals surface area contributed by atoms with Crippen molar-refractivity contribution in [1.82, 2.24) is 19.9 Å². The summed E-state index contributed by atoms with van der Waals surface area (Å²) < 4.78 is 48.0. The average Bonchev–Trinajstić information content (AvgIpc) is 3.09. The molecule has 4 heterocycles. The molecule has 1 aromatic carbocycles. The molecule has 3 aliphatic heterocycles. The molecule has 0 aliphatic carbocycles. The van der Waals surface area contributed by atoms with Gasteiger partial charge in [0.1, 0.15) is 11.9 Å². The third-order valence-electron chi connectivity index (χ3n) is 8.70. The molecule has 3 saturated heterocycles. The first-order valence-corrected chi connectivity index (χ1v) is 16.6. The summed E-state index contributed by atoms with van der Waals surface area (Å²) in [4.78, 5) is 29.7. The first-order chi connectivity index (χ1) is 20.6. The molecular weight excluding hydrogens is 601 g/mol. The Morgan fingerprint density at radius 2 is 1.93 bits per heavy atom. The highest BCUT2D eigenvalue weighted by atomic mass is 35.5. The number of aromatic nitrogens is 1. The molecule has 43 heavy (non-hydrogen) atoms. The van der Waals surface area contributed by atoms with Gasteiger partial charge in [-0.05, 0) is 62.1 Å². The molecule has 14 heteroatoms. The Morgan fingerprint density at radius 1 is 1.19 bits per heavy atom. The highest BCUT2D eigenvalue weighted by molar-refractivity contribution is 7.89. The van der Waals surface area contributed by atoms with E-state index in [0.717, 1.165) is 18.2 Å². The number of carboxylic acid groups (broad SMARTS) is 1. The van der Waals surface area contributed by atoms with E-state index < -0.39 is 39.8 Å². The molecule has 4 N–H and O–H groups in total. The van der Waals surface area contributed by atoms with Crippen LogP contribution in [0.4, 0.5) is 14.9 Å². The van der Waals surface area contributed by atoms with Crippen molar-refractivity contribution in [3.63, 3.8) is 0 Å². The van der Waals surface area contributed by atoms with Crippen LogP contribution in [0.25, 0.3) is 0 Å². The van der Waals surface area contributed by atoms with Crippen LogP contribution >= 0.6 is 11.6 Å². The molecule has 2 bridgehead atoms. The summed E-state index contributed by atoms with van der Waals surface area (Å²) in [5, 5.41) is 18.8. The van der Waals surface area contributed by atoms with Crippen LogP contribution in [0.1, 0.15) is 49.1 Å². The van der Waals surface area contributed by atoms with E-state index in [9.17, 15) is 23.1 Å². The molecule has 5 atom stereocenters. The number of piperazine rings is 1. The quantitative estimate of drug-likeness (QED) is 0.327. The molecule has 1 aromatic heterocycles. The Balaban J connectivity index is 1.39. The number of halogens is 2. The van der Waals surface area contributed by atoms with Crippen molar-refractivity contribution in [2.45, 2.75) is 62.6 Å². The summed E-state index contributed by atoms with van der Waals surface area (Å²) in [6.07, 6.45) is 4.11. The minimum atomic E-state index is -3.42. The van der Waals surface area contributed by atoms with Crippen LogP contribution in [0.5, 0.6) is 0 Å². The van der Waals surface area contributed by atoms with Gasteiger partial charge in [0, 0.05) is 54.9 Å².